The SMILES string of the molecule is C[C@@H](Nc1nnc(-c2ccccc2)o1)C(=O)N1CCC2(CC2)C(F)(F)C1. The standard InChI is InChI=1S/C18H20F2N4O2/c1-12(15(25)24-10-9-17(7-8-17)18(19,20)11-24)21-16-23-22-14(26-16)13-5-3-2-4-6-13/h2-6,12H,7-11H2,1H3,(H,21,23)/t12-/m1/s1. The Bertz CT molecular complexity index is 805. The third-order valence-electron chi connectivity index (χ3n) is 5.35. The monoisotopic (exact) mass is 362 g/mol. The van der Waals surface area contributed by atoms with E-state index in [0.717, 1.165) is 5.56 Å². The smallest absolute Gasteiger partial charge is 0.316 e. The summed E-state index contributed by atoms with van der Waals surface area (Å²) >= 11 is 0. The van der Waals surface area contributed by atoms with Crippen LogP contribution in [0.15, 0.2) is 34.7 Å². The largest absolute Gasteiger partial charge is 0.403 e. The maximum atomic E-state index is 14.3. The van der Waals surface area contributed by atoms with Gasteiger partial charge in [-0.2, -0.15) is 0 Å². The van der Waals surface area contributed by atoms with Gasteiger partial charge in [-0.15, -0.1) is 5.10 Å². The summed E-state index contributed by atoms with van der Waals surface area (Å²) in [6.07, 6.45) is 1.47. The summed E-state index contributed by atoms with van der Waals surface area (Å²) in [6, 6.07) is 8.59. The highest BCUT2D eigenvalue weighted by Gasteiger charge is 2.64. The molecule has 1 N–H and O–H groups in total. The molecule has 1 saturated heterocycles. The lowest BCUT2D eigenvalue weighted by Crippen LogP contribution is -2.54. The summed E-state index contributed by atoms with van der Waals surface area (Å²) in [7, 11) is 0. The Hall–Kier alpha value is -2.51. The van der Waals surface area contributed by atoms with Crippen LogP contribution in [0.25, 0.3) is 11.5 Å². The number of aromatic nitrogens is 2. The number of amides is 1. The van der Waals surface area contributed by atoms with Gasteiger partial charge in [-0.1, -0.05) is 23.3 Å². The number of halogens is 2. The van der Waals surface area contributed by atoms with Crippen molar-refractivity contribution in [1.82, 2.24) is 15.1 Å². The molecular formula is C18H20F2N4O2. The topological polar surface area (TPSA) is 71.3 Å². The molecule has 8 heteroatoms. The van der Waals surface area contributed by atoms with Gasteiger partial charge in [-0.3, -0.25) is 4.79 Å². The number of hydrogen-bond donors (Lipinski definition) is 1. The van der Waals surface area contributed by atoms with Gasteiger partial charge < -0.3 is 14.6 Å². The molecule has 1 saturated carbocycles. The van der Waals surface area contributed by atoms with Gasteiger partial charge in [0.05, 0.1) is 6.54 Å². The number of piperidine rings is 1. The molecule has 1 atom stereocenters. The second kappa shape index (κ2) is 6.03. The first kappa shape index (κ1) is 16.9. The van der Waals surface area contributed by atoms with Crippen molar-refractivity contribution in [1.29, 1.82) is 0 Å². The van der Waals surface area contributed by atoms with Crippen molar-refractivity contribution < 1.29 is 18.0 Å². The number of hydrogen-bond acceptors (Lipinski definition) is 5. The maximum absolute atomic E-state index is 14.3. The summed E-state index contributed by atoms with van der Waals surface area (Å²) < 4.78 is 34.1. The predicted molar refractivity (Wildman–Crippen MR) is 90.6 cm³/mol. The second-order valence-corrected chi connectivity index (χ2v) is 7.14. The Labute approximate surface area is 149 Å². The first-order valence-electron chi connectivity index (χ1n) is 8.72. The quantitative estimate of drug-likeness (QED) is 0.904. The van der Waals surface area contributed by atoms with Crippen molar-refractivity contribution in [3.05, 3.63) is 30.3 Å². The number of nitrogens with one attached hydrogen (secondary N) is 1. The van der Waals surface area contributed by atoms with Crippen LogP contribution in [0.5, 0.6) is 0 Å². The normalized spacial score (nSPS) is 21.4. The number of nitrogens with zero attached hydrogens (tertiary/aromatic N) is 3. The van der Waals surface area contributed by atoms with E-state index in [-0.39, 0.29) is 11.9 Å². The molecule has 26 heavy (non-hydrogen) atoms. The van der Waals surface area contributed by atoms with Crippen LogP contribution in [0.3, 0.4) is 0 Å². The molecular weight excluding hydrogens is 342 g/mol. The molecule has 1 aliphatic heterocycles. The molecule has 0 bridgehead atoms. The Morgan fingerprint density at radius 2 is 1.96 bits per heavy atom. The van der Waals surface area contributed by atoms with Crippen LogP contribution in [0.4, 0.5) is 14.8 Å². The molecule has 2 aromatic rings. The third-order valence-corrected chi connectivity index (χ3v) is 5.35. The van der Waals surface area contributed by atoms with Gasteiger partial charge in [0.1, 0.15) is 6.04 Å². The number of benzene rings is 1. The zero-order chi connectivity index (χ0) is 18.4. The van der Waals surface area contributed by atoms with E-state index in [1.165, 1.54) is 4.90 Å². The first-order chi connectivity index (χ1) is 12.4. The number of carbonyl (C=O) groups is 1. The van der Waals surface area contributed by atoms with E-state index in [1.807, 2.05) is 30.3 Å². The minimum absolute atomic E-state index is 0.0899. The molecule has 0 unspecified atom stereocenters. The third kappa shape index (κ3) is 2.93. The molecule has 2 aliphatic rings. The maximum Gasteiger partial charge on any atom is 0.316 e. The van der Waals surface area contributed by atoms with E-state index < -0.39 is 23.9 Å². The summed E-state index contributed by atoms with van der Waals surface area (Å²) in [5.41, 5.74) is -0.102. The van der Waals surface area contributed by atoms with Crippen molar-refractivity contribution in [2.75, 3.05) is 18.4 Å². The van der Waals surface area contributed by atoms with Gasteiger partial charge in [0.15, 0.2) is 0 Å². The van der Waals surface area contributed by atoms with Gasteiger partial charge in [-0.25, -0.2) is 8.78 Å². The minimum Gasteiger partial charge on any atom is -0.403 e. The molecule has 1 aromatic carbocycles. The van der Waals surface area contributed by atoms with Crippen LogP contribution in [-0.4, -0.2) is 46.1 Å². The number of carbonyl (C=O) groups excluding carboxylic acids is 1. The van der Waals surface area contributed by atoms with Crippen molar-refractivity contribution in [2.45, 2.75) is 38.2 Å². The average molecular weight is 362 g/mol. The predicted octanol–water partition coefficient (Wildman–Crippen LogP) is 3.18. The van der Waals surface area contributed by atoms with Crippen LogP contribution in [-0.2, 0) is 4.79 Å². The second-order valence-electron chi connectivity index (χ2n) is 7.14. The molecule has 6 nitrogen and oxygen atoms in total. The van der Waals surface area contributed by atoms with Gasteiger partial charge in [-0.05, 0) is 38.3 Å². The summed E-state index contributed by atoms with van der Waals surface area (Å²) in [5, 5.41) is 10.6. The summed E-state index contributed by atoms with van der Waals surface area (Å²) in [4.78, 5) is 13.8. The Morgan fingerprint density at radius 3 is 2.62 bits per heavy atom. The summed E-state index contributed by atoms with van der Waals surface area (Å²) in [5.74, 6) is -2.88. The molecule has 4 rings (SSSR count). The highest BCUT2D eigenvalue weighted by Crippen LogP contribution is 2.61. The number of likely N-dealkylation sites (tertiary alicyclic amines) is 1. The zero-order valence-electron chi connectivity index (χ0n) is 14.4. The molecule has 2 fully saturated rings. The fourth-order valence-corrected chi connectivity index (χ4v) is 3.47. The lowest BCUT2D eigenvalue weighted by Gasteiger charge is -2.39. The van der Waals surface area contributed by atoms with Crippen LogP contribution in [0.1, 0.15) is 26.2 Å². The molecule has 138 valence electrons. The van der Waals surface area contributed by atoms with Gasteiger partial charge in [0, 0.05) is 17.5 Å². The average Bonchev–Trinajstić information content (AvgIpc) is 3.29. The van der Waals surface area contributed by atoms with E-state index in [9.17, 15) is 13.6 Å². The van der Waals surface area contributed by atoms with Gasteiger partial charge >= 0.3 is 6.01 Å². The van der Waals surface area contributed by atoms with Gasteiger partial charge in [0.25, 0.3) is 5.92 Å². The number of anilines is 1. The van der Waals surface area contributed by atoms with Crippen molar-refractivity contribution in [3.8, 4) is 11.5 Å². The van der Waals surface area contributed by atoms with Crippen LogP contribution < -0.4 is 5.32 Å². The Kier molecular flexibility index (Phi) is 3.93. The lowest BCUT2D eigenvalue weighted by atomic mass is 9.89. The molecule has 1 aromatic heterocycles. The van der Waals surface area contributed by atoms with Crippen molar-refractivity contribution in [3.63, 3.8) is 0 Å². The van der Waals surface area contributed by atoms with Crippen LogP contribution in [0, 0.1) is 5.41 Å². The highest BCUT2D eigenvalue weighted by molar-refractivity contribution is 5.84. The minimum atomic E-state index is -2.81. The molecule has 1 spiro atoms. The highest BCUT2D eigenvalue weighted by atomic mass is 19.3. The number of alkyl halides is 2. The molecule has 1 aliphatic carbocycles. The van der Waals surface area contributed by atoms with E-state index in [1.54, 1.807) is 6.92 Å². The Morgan fingerprint density at radius 1 is 1.23 bits per heavy atom. The van der Waals surface area contributed by atoms with Crippen LogP contribution >= 0.6 is 0 Å². The van der Waals surface area contributed by atoms with Crippen molar-refractivity contribution >= 4 is 11.9 Å². The van der Waals surface area contributed by atoms with E-state index in [4.69, 9.17) is 4.42 Å². The fraction of sp³-hybridized carbons (Fsp3) is 0.500. The number of rotatable bonds is 4. The molecule has 2 heterocycles. The van der Waals surface area contributed by atoms with Crippen molar-refractivity contribution in [2.24, 2.45) is 5.41 Å². The zero-order valence-corrected chi connectivity index (χ0v) is 14.4. The fourth-order valence-electron chi connectivity index (χ4n) is 3.47. The lowest BCUT2D eigenvalue weighted by molar-refractivity contribution is -0.155. The van der Waals surface area contributed by atoms with Gasteiger partial charge in [0.2, 0.25) is 11.8 Å². The summed E-state index contributed by atoms with van der Waals surface area (Å²) in [6.45, 7) is 1.45. The first-order valence-corrected chi connectivity index (χ1v) is 8.72. The van der Waals surface area contributed by atoms with E-state index in [2.05, 4.69) is 15.5 Å². The molecule has 1 amide bonds. The molecule has 0 radical (unpaired) electrons. The van der Waals surface area contributed by atoms with Crippen LogP contribution in [0.2, 0.25) is 0 Å². The van der Waals surface area contributed by atoms with E-state index >= 15 is 0 Å². The Balaban J connectivity index is 1.40. The van der Waals surface area contributed by atoms with E-state index in [0.29, 0.717) is 31.7 Å².